The highest BCUT2D eigenvalue weighted by Gasteiger charge is 2.55. The number of anilines is 1. The number of nitrogens with zero attached hydrogens (tertiary/aromatic N) is 3. The molecular weight excluding hydrogens is 340 g/mol. The third-order valence-corrected chi connectivity index (χ3v) is 7.45. The van der Waals surface area contributed by atoms with E-state index in [-0.39, 0.29) is 17.2 Å². The maximum Gasteiger partial charge on any atom is 0.229 e. The van der Waals surface area contributed by atoms with Crippen LogP contribution in [0.5, 0.6) is 0 Å². The first kappa shape index (κ1) is 17.1. The van der Waals surface area contributed by atoms with E-state index in [0.29, 0.717) is 24.9 Å². The van der Waals surface area contributed by atoms with Crippen LogP contribution >= 0.6 is 0 Å². The Morgan fingerprint density at radius 3 is 2.07 bits per heavy atom. The van der Waals surface area contributed by atoms with Crippen LogP contribution in [0.2, 0.25) is 0 Å². The van der Waals surface area contributed by atoms with E-state index in [4.69, 9.17) is 0 Å². The van der Waals surface area contributed by atoms with Crippen LogP contribution in [0.15, 0.2) is 18.5 Å². The summed E-state index contributed by atoms with van der Waals surface area (Å²) in [6.07, 6.45) is 12.1. The Kier molecular flexibility index (Phi) is 4.17. The van der Waals surface area contributed by atoms with Crippen LogP contribution < -0.4 is 5.32 Å². The highest BCUT2D eigenvalue weighted by Crippen LogP contribution is 2.60. The normalized spacial score (nSPS) is 35.3. The summed E-state index contributed by atoms with van der Waals surface area (Å²) in [6.45, 7) is 1.41. The van der Waals surface area contributed by atoms with E-state index in [9.17, 15) is 9.59 Å². The van der Waals surface area contributed by atoms with Crippen molar-refractivity contribution in [3.05, 3.63) is 18.5 Å². The lowest BCUT2D eigenvalue weighted by Gasteiger charge is -2.57. The molecular formula is C21H28N4O2. The first-order chi connectivity index (χ1) is 13.1. The summed E-state index contributed by atoms with van der Waals surface area (Å²) in [5.41, 5.74) is -0.0677. The average molecular weight is 368 g/mol. The van der Waals surface area contributed by atoms with E-state index in [1.165, 1.54) is 19.3 Å². The molecule has 0 aromatic carbocycles. The molecule has 0 atom stereocenters. The van der Waals surface area contributed by atoms with Gasteiger partial charge in [0.1, 0.15) is 0 Å². The Labute approximate surface area is 160 Å². The average Bonchev–Trinajstić information content (AvgIpc) is 2.67. The molecule has 2 amide bonds. The molecule has 144 valence electrons. The van der Waals surface area contributed by atoms with Crippen LogP contribution in [0.3, 0.4) is 0 Å². The Morgan fingerprint density at radius 1 is 0.963 bits per heavy atom. The second-order valence-electron chi connectivity index (χ2n) is 9.33. The number of aromatic nitrogens is 2. The predicted octanol–water partition coefficient (Wildman–Crippen LogP) is 2.87. The van der Waals surface area contributed by atoms with Gasteiger partial charge in [-0.3, -0.25) is 14.9 Å². The first-order valence-corrected chi connectivity index (χ1v) is 10.5. The van der Waals surface area contributed by atoms with Gasteiger partial charge in [0.15, 0.2) is 0 Å². The highest BCUT2D eigenvalue weighted by molar-refractivity contribution is 5.91. The van der Waals surface area contributed by atoms with E-state index in [1.54, 1.807) is 18.5 Å². The van der Waals surface area contributed by atoms with Gasteiger partial charge in [0, 0.05) is 31.4 Å². The van der Waals surface area contributed by atoms with Crippen molar-refractivity contribution < 1.29 is 9.59 Å². The van der Waals surface area contributed by atoms with Crippen LogP contribution in [0, 0.1) is 29.1 Å². The topological polar surface area (TPSA) is 75.2 Å². The second-order valence-corrected chi connectivity index (χ2v) is 9.33. The van der Waals surface area contributed by atoms with Gasteiger partial charge in [-0.25, -0.2) is 9.97 Å². The number of carbonyl (C=O) groups excluding carboxylic acids is 2. The lowest BCUT2D eigenvalue weighted by molar-refractivity contribution is -0.159. The van der Waals surface area contributed by atoms with Gasteiger partial charge in [-0.15, -0.1) is 0 Å². The Bertz CT molecular complexity index is 692. The Balaban J connectivity index is 1.19. The van der Waals surface area contributed by atoms with Crippen LogP contribution in [0.25, 0.3) is 0 Å². The molecule has 1 saturated heterocycles. The quantitative estimate of drug-likeness (QED) is 0.890. The standard InChI is InChI=1S/C21H28N4O2/c26-18(24-20-22-4-1-5-23-20)17-2-6-25(7-3-17)19(27)21-11-14-8-15(12-21)10-16(9-14)13-21/h1,4-5,14-17H,2-3,6-13H2,(H,22,23,24,26). The zero-order valence-electron chi connectivity index (χ0n) is 15.8. The summed E-state index contributed by atoms with van der Waals surface area (Å²) in [7, 11) is 0. The number of amides is 2. The predicted molar refractivity (Wildman–Crippen MR) is 101 cm³/mol. The molecule has 1 N–H and O–H groups in total. The van der Waals surface area contributed by atoms with E-state index >= 15 is 0 Å². The first-order valence-electron chi connectivity index (χ1n) is 10.5. The van der Waals surface area contributed by atoms with Gasteiger partial charge < -0.3 is 4.90 Å². The zero-order chi connectivity index (χ0) is 18.4. The van der Waals surface area contributed by atoms with Crippen LogP contribution in [0.4, 0.5) is 5.95 Å². The van der Waals surface area contributed by atoms with E-state index in [2.05, 4.69) is 20.2 Å². The van der Waals surface area contributed by atoms with E-state index < -0.39 is 0 Å². The smallest absolute Gasteiger partial charge is 0.229 e. The summed E-state index contributed by atoms with van der Waals surface area (Å²) < 4.78 is 0. The molecule has 2 heterocycles. The SMILES string of the molecule is O=C(Nc1ncccn1)C1CCN(C(=O)C23CC4CC(CC(C4)C2)C3)CC1. The van der Waals surface area contributed by atoms with Gasteiger partial charge in [0.25, 0.3) is 0 Å². The molecule has 0 spiro atoms. The number of hydrogen-bond acceptors (Lipinski definition) is 4. The number of likely N-dealkylation sites (tertiary alicyclic amines) is 1. The summed E-state index contributed by atoms with van der Waals surface area (Å²) in [6, 6.07) is 1.73. The minimum absolute atomic E-state index is 0.0249. The van der Waals surface area contributed by atoms with E-state index in [1.807, 2.05) is 0 Å². The number of hydrogen-bond donors (Lipinski definition) is 1. The van der Waals surface area contributed by atoms with Crippen molar-refractivity contribution in [2.24, 2.45) is 29.1 Å². The van der Waals surface area contributed by atoms with Gasteiger partial charge in [-0.05, 0) is 75.2 Å². The van der Waals surface area contributed by atoms with Gasteiger partial charge in [-0.1, -0.05) is 0 Å². The molecule has 6 rings (SSSR count). The van der Waals surface area contributed by atoms with Gasteiger partial charge in [-0.2, -0.15) is 0 Å². The molecule has 1 aliphatic heterocycles. The minimum Gasteiger partial charge on any atom is -0.342 e. The second kappa shape index (κ2) is 6.57. The molecule has 4 bridgehead atoms. The molecule has 4 aliphatic carbocycles. The van der Waals surface area contributed by atoms with Crippen molar-refractivity contribution in [2.75, 3.05) is 18.4 Å². The fraction of sp³-hybridized carbons (Fsp3) is 0.714. The summed E-state index contributed by atoms with van der Waals surface area (Å²) in [4.78, 5) is 36.1. The maximum absolute atomic E-state index is 13.4. The summed E-state index contributed by atoms with van der Waals surface area (Å²) in [5, 5.41) is 2.80. The number of nitrogens with one attached hydrogen (secondary N) is 1. The van der Waals surface area contributed by atoms with Crippen molar-refractivity contribution in [3.8, 4) is 0 Å². The molecule has 4 saturated carbocycles. The van der Waals surface area contributed by atoms with Crippen molar-refractivity contribution in [1.82, 2.24) is 14.9 Å². The molecule has 27 heavy (non-hydrogen) atoms. The third kappa shape index (κ3) is 3.13. The van der Waals surface area contributed by atoms with Crippen molar-refractivity contribution in [1.29, 1.82) is 0 Å². The minimum atomic E-state index is -0.0677. The fourth-order valence-electron chi connectivity index (χ4n) is 6.63. The molecule has 0 unspecified atom stereocenters. The van der Waals surface area contributed by atoms with Crippen molar-refractivity contribution >= 4 is 17.8 Å². The van der Waals surface area contributed by atoms with Crippen LogP contribution in [-0.4, -0.2) is 39.8 Å². The van der Waals surface area contributed by atoms with E-state index in [0.717, 1.165) is 49.9 Å². The molecule has 6 nitrogen and oxygen atoms in total. The lowest BCUT2D eigenvalue weighted by atomic mass is 9.49. The van der Waals surface area contributed by atoms with Gasteiger partial charge in [0.2, 0.25) is 17.8 Å². The maximum atomic E-state index is 13.4. The Hall–Kier alpha value is -1.98. The molecule has 6 heteroatoms. The highest BCUT2D eigenvalue weighted by atomic mass is 16.2. The molecule has 5 fully saturated rings. The number of rotatable bonds is 3. The van der Waals surface area contributed by atoms with Crippen molar-refractivity contribution in [3.63, 3.8) is 0 Å². The number of piperidine rings is 1. The summed E-state index contributed by atoms with van der Waals surface area (Å²) in [5.74, 6) is 3.02. The zero-order valence-corrected chi connectivity index (χ0v) is 15.8. The number of carbonyl (C=O) groups is 2. The molecule has 5 aliphatic rings. The Morgan fingerprint density at radius 2 is 1.52 bits per heavy atom. The van der Waals surface area contributed by atoms with Crippen LogP contribution in [-0.2, 0) is 9.59 Å². The largest absolute Gasteiger partial charge is 0.342 e. The molecule has 1 aromatic rings. The van der Waals surface area contributed by atoms with Crippen molar-refractivity contribution in [2.45, 2.75) is 51.4 Å². The monoisotopic (exact) mass is 368 g/mol. The van der Waals surface area contributed by atoms with Gasteiger partial charge >= 0.3 is 0 Å². The van der Waals surface area contributed by atoms with Crippen LogP contribution in [0.1, 0.15) is 51.4 Å². The van der Waals surface area contributed by atoms with Gasteiger partial charge in [0.05, 0.1) is 5.41 Å². The molecule has 1 aromatic heterocycles. The molecule has 0 radical (unpaired) electrons. The third-order valence-electron chi connectivity index (χ3n) is 7.45. The summed E-state index contributed by atoms with van der Waals surface area (Å²) >= 11 is 0. The fourth-order valence-corrected chi connectivity index (χ4v) is 6.63. The lowest BCUT2D eigenvalue weighted by Crippen LogP contribution is -2.56.